The van der Waals surface area contributed by atoms with Crippen LogP contribution in [-0.4, -0.2) is 31.9 Å². The molecule has 0 aliphatic rings. The van der Waals surface area contributed by atoms with Crippen molar-refractivity contribution in [2.45, 2.75) is 44.0 Å². The summed E-state index contributed by atoms with van der Waals surface area (Å²) in [4.78, 5) is 0.378. The molecule has 4 nitrogen and oxygen atoms in total. The Balaban J connectivity index is 2.66. The zero-order valence-corrected chi connectivity index (χ0v) is 12.4. The number of aliphatic hydroxyl groups is 1. The van der Waals surface area contributed by atoms with Gasteiger partial charge in [0.25, 0.3) is 0 Å². The minimum Gasteiger partial charge on any atom is -0.396 e. The fraction of sp³-hybridized carbons (Fsp3) is 0.571. The van der Waals surface area contributed by atoms with Gasteiger partial charge in [0.1, 0.15) is 0 Å². The second-order valence-electron chi connectivity index (χ2n) is 4.75. The molecular weight excluding hydrogens is 262 g/mol. The van der Waals surface area contributed by atoms with E-state index in [0.717, 1.165) is 18.5 Å². The summed E-state index contributed by atoms with van der Waals surface area (Å²) >= 11 is 0. The molecular formula is C14H23NO3S. The highest BCUT2D eigenvalue weighted by Crippen LogP contribution is 2.17. The molecule has 1 unspecified atom stereocenters. The first-order chi connectivity index (χ1) is 8.99. The molecule has 0 aromatic heterocycles. The predicted molar refractivity (Wildman–Crippen MR) is 78.2 cm³/mol. The summed E-state index contributed by atoms with van der Waals surface area (Å²) in [6, 6.07) is 7.12. The Bertz CT molecular complexity index is 468. The van der Waals surface area contributed by atoms with E-state index < -0.39 is 9.84 Å². The second kappa shape index (κ2) is 7.50. The molecule has 0 bridgehead atoms. The number of hydrogen-bond acceptors (Lipinski definition) is 4. The molecule has 1 aromatic rings. The largest absolute Gasteiger partial charge is 0.396 e. The molecule has 0 radical (unpaired) electrons. The van der Waals surface area contributed by atoms with E-state index in [1.54, 1.807) is 24.3 Å². The second-order valence-corrected chi connectivity index (χ2v) is 6.86. The van der Waals surface area contributed by atoms with Crippen LogP contribution in [0.1, 0.15) is 33.1 Å². The molecule has 1 aromatic carbocycles. The molecule has 0 heterocycles. The highest BCUT2D eigenvalue weighted by molar-refractivity contribution is 7.91. The standard InChI is InChI=1S/C14H23NO3S/c1-3-11-19(17,18)14-8-6-13(7-9-14)15-12(2)5-4-10-16/h6-9,12,15-16H,3-5,10-11H2,1-2H3. The molecule has 19 heavy (non-hydrogen) atoms. The van der Waals surface area contributed by atoms with Gasteiger partial charge in [-0.25, -0.2) is 8.42 Å². The highest BCUT2D eigenvalue weighted by atomic mass is 32.2. The van der Waals surface area contributed by atoms with Crippen molar-refractivity contribution in [1.82, 2.24) is 0 Å². The van der Waals surface area contributed by atoms with Gasteiger partial charge in [-0.2, -0.15) is 0 Å². The zero-order valence-electron chi connectivity index (χ0n) is 11.6. The first-order valence-electron chi connectivity index (χ1n) is 6.70. The van der Waals surface area contributed by atoms with E-state index in [9.17, 15) is 8.42 Å². The number of sulfone groups is 1. The molecule has 0 saturated carbocycles. The minimum atomic E-state index is -3.13. The van der Waals surface area contributed by atoms with Crippen LogP contribution < -0.4 is 5.32 Å². The van der Waals surface area contributed by atoms with Gasteiger partial charge in [0.2, 0.25) is 0 Å². The van der Waals surface area contributed by atoms with Crippen LogP contribution >= 0.6 is 0 Å². The lowest BCUT2D eigenvalue weighted by Crippen LogP contribution is -2.15. The van der Waals surface area contributed by atoms with Gasteiger partial charge in [-0.15, -0.1) is 0 Å². The van der Waals surface area contributed by atoms with Crippen LogP contribution in [0.4, 0.5) is 5.69 Å². The smallest absolute Gasteiger partial charge is 0.178 e. The summed E-state index contributed by atoms with van der Waals surface area (Å²) < 4.78 is 23.7. The van der Waals surface area contributed by atoms with Crippen LogP contribution in [0.3, 0.4) is 0 Å². The van der Waals surface area contributed by atoms with Crippen molar-refractivity contribution >= 4 is 15.5 Å². The third-order valence-corrected chi connectivity index (χ3v) is 4.83. The maximum absolute atomic E-state index is 11.9. The Kier molecular flexibility index (Phi) is 6.31. The van der Waals surface area contributed by atoms with Gasteiger partial charge >= 0.3 is 0 Å². The molecule has 0 amide bonds. The summed E-state index contributed by atoms with van der Waals surface area (Å²) in [7, 11) is -3.13. The van der Waals surface area contributed by atoms with Crippen molar-refractivity contribution in [3.05, 3.63) is 24.3 Å². The van der Waals surface area contributed by atoms with Crippen LogP contribution in [0.25, 0.3) is 0 Å². The molecule has 0 fully saturated rings. The third-order valence-electron chi connectivity index (χ3n) is 2.89. The zero-order chi connectivity index (χ0) is 14.3. The summed E-state index contributed by atoms with van der Waals surface area (Å²) in [5.74, 6) is 0.187. The van der Waals surface area contributed by atoms with Crippen LogP contribution in [0, 0.1) is 0 Å². The Hall–Kier alpha value is -1.07. The fourth-order valence-corrected chi connectivity index (χ4v) is 3.22. The average molecular weight is 285 g/mol. The van der Waals surface area contributed by atoms with Crippen molar-refractivity contribution < 1.29 is 13.5 Å². The summed E-state index contributed by atoms with van der Waals surface area (Å²) in [6.45, 7) is 4.09. The Morgan fingerprint density at radius 1 is 1.26 bits per heavy atom. The predicted octanol–water partition coefficient (Wildman–Crippen LogP) is 2.44. The lowest BCUT2D eigenvalue weighted by atomic mass is 10.2. The molecule has 0 aliphatic heterocycles. The summed E-state index contributed by atoms with van der Waals surface area (Å²) in [5, 5.41) is 12.0. The first-order valence-corrected chi connectivity index (χ1v) is 8.35. The van der Waals surface area contributed by atoms with E-state index in [1.807, 2.05) is 13.8 Å². The van der Waals surface area contributed by atoms with Crippen molar-refractivity contribution in [3.63, 3.8) is 0 Å². The highest BCUT2D eigenvalue weighted by Gasteiger charge is 2.12. The number of rotatable bonds is 8. The molecule has 2 N–H and O–H groups in total. The molecule has 5 heteroatoms. The van der Waals surface area contributed by atoms with E-state index in [0.29, 0.717) is 11.3 Å². The molecule has 108 valence electrons. The number of aliphatic hydroxyl groups excluding tert-OH is 1. The van der Waals surface area contributed by atoms with Gasteiger partial charge in [-0.1, -0.05) is 6.92 Å². The lowest BCUT2D eigenvalue weighted by molar-refractivity contribution is 0.282. The van der Waals surface area contributed by atoms with Crippen LogP contribution in [-0.2, 0) is 9.84 Å². The molecule has 0 aliphatic carbocycles. The molecule has 1 rings (SSSR count). The maximum atomic E-state index is 11.9. The number of benzene rings is 1. The number of hydrogen-bond donors (Lipinski definition) is 2. The van der Waals surface area contributed by atoms with Crippen molar-refractivity contribution in [1.29, 1.82) is 0 Å². The summed E-state index contributed by atoms with van der Waals surface area (Å²) in [6.07, 6.45) is 2.27. The summed E-state index contributed by atoms with van der Waals surface area (Å²) in [5.41, 5.74) is 0.904. The maximum Gasteiger partial charge on any atom is 0.178 e. The average Bonchev–Trinajstić information content (AvgIpc) is 2.37. The Morgan fingerprint density at radius 3 is 2.42 bits per heavy atom. The van der Waals surface area contributed by atoms with Crippen LogP contribution in [0.2, 0.25) is 0 Å². The third kappa shape index (κ3) is 5.20. The van der Waals surface area contributed by atoms with Crippen molar-refractivity contribution in [2.24, 2.45) is 0 Å². The number of nitrogens with one attached hydrogen (secondary N) is 1. The molecule has 0 saturated heterocycles. The Labute approximate surface area is 115 Å². The van der Waals surface area contributed by atoms with E-state index in [1.165, 1.54) is 0 Å². The minimum absolute atomic E-state index is 0.187. The number of anilines is 1. The van der Waals surface area contributed by atoms with Gasteiger partial charge in [-0.05, 0) is 50.5 Å². The normalized spacial score (nSPS) is 13.2. The van der Waals surface area contributed by atoms with Gasteiger partial charge in [-0.3, -0.25) is 0 Å². The van der Waals surface area contributed by atoms with Crippen LogP contribution in [0.15, 0.2) is 29.2 Å². The van der Waals surface area contributed by atoms with E-state index in [4.69, 9.17) is 5.11 Å². The van der Waals surface area contributed by atoms with Gasteiger partial charge < -0.3 is 10.4 Å². The van der Waals surface area contributed by atoms with Crippen LogP contribution in [0.5, 0.6) is 0 Å². The van der Waals surface area contributed by atoms with E-state index in [-0.39, 0.29) is 18.4 Å². The lowest BCUT2D eigenvalue weighted by Gasteiger charge is -2.15. The Morgan fingerprint density at radius 2 is 1.89 bits per heavy atom. The monoisotopic (exact) mass is 285 g/mol. The van der Waals surface area contributed by atoms with Crippen molar-refractivity contribution in [2.75, 3.05) is 17.7 Å². The first kappa shape index (κ1) is 16.0. The van der Waals surface area contributed by atoms with E-state index in [2.05, 4.69) is 5.32 Å². The molecule has 0 spiro atoms. The van der Waals surface area contributed by atoms with Gasteiger partial charge in [0.15, 0.2) is 9.84 Å². The quantitative estimate of drug-likeness (QED) is 0.770. The SMILES string of the molecule is CCCS(=O)(=O)c1ccc(NC(C)CCCO)cc1. The van der Waals surface area contributed by atoms with Crippen molar-refractivity contribution in [3.8, 4) is 0 Å². The van der Waals surface area contributed by atoms with E-state index >= 15 is 0 Å². The molecule has 1 atom stereocenters. The topological polar surface area (TPSA) is 66.4 Å². The fourth-order valence-electron chi connectivity index (χ4n) is 1.90. The van der Waals surface area contributed by atoms with Gasteiger partial charge in [0.05, 0.1) is 10.6 Å². The van der Waals surface area contributed by atoms with Gasteiger partial charge in [0, 0.05) is 18.3 Å².